The Hall–Kier alpha value is -1.55. The fraction of sp³-hybridized carbons (Fsp3) is 0.533. The Morgan fingerprint density at radius 1 is 1.16 bits per heavy atom. The number of benzene rings is 1. The van der Waals surface area contributed by atoms with Crippen molar-refractivity contribution in [2.24, 2.45) is 0 Å². The first-order valence-corrected chi connectivity index (χ1v) is 7.05. The van der Waals surface area contributed by atoms with E-state index in [1.165, 1.54) is 0 Å². The molecule has 1 fully saturated rings. The van der Waals surface area contributed by atoms with Gasteiger partial charge in [0, 0.05) is 11.7 Å². The lowest BCUT2D eigenvalue weighted by Crippen LogP contribution is -2.44. The third-order valence-electron chi connectivity index (χ3n) is 3.09. The summed E-state index contributed by atoms with van der Waals surface area (Å²) in [4.78, 5) is 14.0. The number of hydrogen-bond donors (Lipinski definition) is 2. The molecule has 1 aliphatic heterocycles. The monoisotopic (exact) mass is 263 g/mol. The molecule has 0 unspecified atom stereocenters. The summed E-state index contributed by atoms with van der Waals surface area (Å²) in [5.74, 6) is 0. The second kappa shape index (κ2) is 8.53. The number of carbonyl (C=O) groups is 1. The van der Waals surface area contributed by atoms with Crippen LogP contribution in [0, 0.1) is 0 Å². The maximum atomic E-state index is 11.7. The van der Waals surface area contributed by atoms with Crippen LogP contribution in [0.15, 0.2) is 30.3 Å². The SMILES string of the molecule is CC.CN1CCC(NC(=O)Nc2ccccc2)CC1. The molecule has 2 amide bonds. The Kier molecular flexibility index (Phi) is 6.97. The highest BCUT2D eigenvalue weighted by Gasteiger charge is 2.18. The molecule has 0 aromatic heterocycles. The normalized spacial score (nSPS) is 16.2. The zero-order valence-electron chi connectivity index (χ0n) is 12.1. The van der Waals surface area contributed by atoms with Gasteiger partial charge in [-0.05, 0) is 45.1 Å². The zero-order valence-corrected chi connectivity index (χ0v) is 12.1. The Morgan fingerprint density at radius 2 is 1.74 bits per heavy atom. The van der Waals surface area contributed by atoms with Gasteiger partial charge in [0.05, 0.1) is 0 Å². The van der Waals surface area contributed by atoms with Gasteiger partial charge in [-0.25, -0.2) is 4.79 Å². The molecular weight excluding hydrogens is 238 g/mol. The Morgan fingerprint density at radius 3 is 2.32 bits per heavy atom. The van der Waals surface area contributed by atoms with Gasteiger partial charge in [0.15, 0.2) is 0 Å². The quantitative estimate of drug-likeness (QED) is 0.861. The maximum Gasteiger partial charge on any atom is 0.319 e. The molecule has 1 aliphatic rings. The summed E-state index contributed by atoms with van der Waals surface area (Å²) in [6.45, 7) is 6.10. The predicted octanol–water partition coefficient (Wildman–Crippen LogP) is 2.93. The maximum absolute atomic E-state index is 11.7. The molecule has 2 N–H and O–H groups in total. The highest BCUT2D eigenvalue weighted by molar-refractivity contribution is 5.89. The average Bonchev–Trinajstić information content (AvgIpc) is 2.45. The molecule has 0 saturated carbocycles. The van der Waals surface area contributed by atoms with Crippen LogP contribution < -0.4 is 10.6 Å². The van der Waals surface area contributed by atoms with Crippen molar-refractivity contribution in [3.63, 3.8) is 0 Å². The fourth-order valence-electron chi connectivity index (χ4n) is 2.03. The smallest absolute Gasteiger partial charge is 0.319 e. The number of carbonyl (C=O) groups excluding carboxylic acids is 1. The summed E-state index contributed by atoms with van der Waals surface area (Å²) in [6.07, 6.45) is 2.05. The van der Waals surface area contributed by atoms with Crippen LogP contribution in [-0.4, -0.2) is 37.1 Å². The molecule has 0 radical (unpaired) electrons. The standard InChI is InChI=1S/C13H19N3O.C2H6/c1-16-9-7-12(8-10-16)15-13(17)14-11-5-3-2-4-6-11;1-2/h2-6,12H,7-10H2,1H3,(H2,14,15,17);1-2H3. The average molecular weight is 263 g/mol. The van der Waals surface area contributed by atoms with Crippen LogP contribution in [0.3, 0.4) is 0 Å². The molecule has 4 nitrogen and oxygen atoms in total. The van der Waals surface area contributed by atoms with Gasteiger partial charge in [-0.2, -0.15) is 0 Å². The molecule has 0 spiro atoms. The van der Waals surface area contributed by atoms with Crippen molar-refractivity contribution in [3.8, 4) is 0 Å². The van der Waals surface area contributed by atoms with Gasteiger partial charge in [-0.15, -0.1) is 0 Å². The molecule has 1 aromatic rings. The van der Waals surface area contributed by atoms with E-state index in [0.717, 1.165) is 31.6 Å². The second-order valence-electron chi connectivity index (χ2n) is 4.54. The first-order chi connectivity index (χ1) is 9.24. The molecule has 1 aromatic carbocycles. The fourth-order valence-corrected chi connectivity index (χ4v) is 2.03. The first-order valence-electron chi connectivity index (χ1n) is 7.05. The largest absolute Gasteiger partial charge is 0.335 e. The molecular formula is C15H25N3O. The lowest BCUT2D eigenvalue weighted by Gasteiger charge is -2.29. The van der Waals surface area contributed by atoms with E-state index < -0.39 is 0 Å². The zero-order chi connectivity index (χ0) is 14.1. The summed E-state index contributed by atoms with van der Waals surface area (Å²) in [7, 11) is 2.11. The van der Waals surface area contributed by atoms with E-state index >= 15 is 0 Å². The molecule has 4 heteroatoms. The number of amides is 2. The van der Waals surface area contributed by atoms with Crippen LogP contribution in [-0.2, 0) is 0 Å². The third kappa shape index (κ3) is 5.75. The lowest BCUT2D eigenvalue weighted by molar-refractivity contribution is 0.221. The van der Waals surface area contributed by atoms with E-state index in [1.807, 2.05) is 44.2 Å². The number of anilines is 1. The molecule has 0 atom stereocenters. The van der Waals surface area contributed by atoms with Gasteiger partial charge in [0.2, 0.25) is 0 Å². The van der Waals surface area contributed by atoms with E-state index in [-0.39, 0.29) is 6.03 Å². The number of rotatable bonds is 2. The molecule has 1 saturated heterocycles. The van der Waals surface area contributed by atoms with Crippen LogP contribution in [0.4, 0.5) is 10.5 Å². The van der Waals surface area contributed by atoms with Crippen molar-refractivity contribution < 1.29 is 4.79 Å². The predicted molar refractivity (Wildman–Crippen MR) is 80.5 cm³/mol. The van der Waals surface area contributed by atoms with Crippen molar-refractivity contribution in [2.75, 3.05) is 25.5 Å². The molecule has 0 aliphatic carbocycles. The van der Waals surface area contributed by atoms with E-state index in [9.17, 15) is 4.79 Å². The minimum Gasteiger partial charge on any atom is -0.335 e. The number of hydrogen-bond acceptors (Lipinski definition) is 2. The van der Waals surface area contributed by atoms with Gasteiger partial charge in [-0.3, -0.25) is 0 Å². The highest BCUT2D eigenvalue weighted by atomic mass is 16.2. The second-order valence-corrected chi connectivity index (χ2v) is 4.54. The Balaban J connectivity index is 0.000000861. The summed E-state index contributed by atoms with van der Waals surface area (Å²) < 4.78 is 0. The Labute approximate surface area is 116 Å². The van der Waals surface area contributed by atoms with Crippen molar-refractivity contribution in [3.05, 3.63) is 30.3 Å². The Bertz CT molecular complexity index is 359. The summed E-state index contributed by atoms with van der Waals surface area (Å²) in [5, 5.41) is 5.85. The van der Waals surface area contributed by atoms with Gasteiger partial charge >= 0.3 is 6.03 Å². The van der Waals surface area contributed by atoms with Crippen LogP contribution in [0.25, 0.3) is 0 Å². The van der Waals surface area contributed by atoms with E-state index in [1.54, 1.807) is 0 Å². The number of nitrogens with one attached hydrogen (secondary N) is 2. The highest BCUT2D eigenvalue weighted by Crippen LogP contribution is 2.09. The van der Waals surface area contributed by atoms with E-state index in [4.69, 9.17) is 0 Å². The van der Waals surface area contributed by atoms with Crippen LogP contribution in [0.5, 0.6) is 0 Å². The summed E-state index contributed by atoms with van der Waals surface area (Å²) in [6, 6.07) is 9.71. The van der Waals surface area contributed by atoms with Gasteiger partial charge in [0.25, 0.3) is 0 Å². The van der Waals surface area contributed by atoms with Crippen molar-refractivity contribution in [1.29, 1.82) is 0 Å². The summed E-state index contributed by atoms with van der Waals surface area (Å²) >= 11 is 0. The number of urea groups is 1. The molecule has 0 bridgehead atoms. The molecule has 106 valence electrons. The first kappa shape index (κ1) is 15.5. The molecule has 19 heavy (non-hydrogen) atoms. The summed E-state index contributed by atoms with van der Waals surface area (Å²) in [5.41, 5.74) is 0.831. The van der Waals surface area contributed by atoms with Crippen LogP contribution in [0.1, 0.15) is 26.7 Å². The van der Waals surface area contributed by atoms with Gasteiger partial charge in [-0.1, -0.05) is 32.0 Å². The molecule has 2 rings (SSSR count). The number of piperidine rings is 1. The van der Waals surface area contributed by atoms with Gasteiger partial charge in [0.1, 0.15) is 0 Å². The topological polar surface area (TPSA) is 44.4 Å². The van der Waals surface area contributed by atoms with Crippen molar-refractivity contribution >= 4 is 11.7 Å². The van der Waals surface area contributed by atoms with Crippen molar-refractivity contribution in [2.45, 2.75) is 32.7 Å². The minimum absolute atomic E-state index is 0.106. The van der Waals surface area contributed by atoms with E-state index in [2.05, 4.69) is 22.6 Å². The van der Waals surface area contributed by atoms with Crippen LogP contribution >= 0.6 is 0 Å². The third-order valence-corrected chi connectivity index (χ3v) is 3.09. The number of nitrogens with zero attached hydrogens (tertiary/aromatic N) is 1. The van der Waals surface area contributed by atoms with Crippen molar-refractivity contribution in [1.82, 2.24) is 10.2 Å². The lowest BCUT2D eigenvalue weighted by atomic mass is 10.1. The number of likely N-dealkylation sites (tertiary alicyclic amines) is 1. The molecule has 1 heterocycles. The van der Waals surface area contributed by atoms with Crippen LogP contribution in [0.2, 0.25) is 0 Å². The number of para-hydroxylation sites is 1. The van der Waals surface area contributed by atoms with E-state index in [0.29, 0.717) is 6.04 Å². The minimum atomic E-state index is -0.106. The van der Waals surface area contributed by atoms with Gasteiger partial charge < -0.3 is 15.5 Å².